The fraction of sp³-hybridized carbons (Fsp3) is 0.190. The summed E-state index contributed by atoms with van der Waals surface area (Å²) in [5, 5.41) is 4.97. The van der Waals surface area contributed by atoms with Crippen LogP contribution in [0.4, 0.5) is 5.69 Å². The van der Waals surface area contributed by atoms with Gasteiger partial charge in [0.25, 0.3) is 5.91 Å². The summed E-state index contributed by atoms with van der Waals surface area (Å²) in [6.45, 7) is 4.27. The molecule has 1 amide bonds. The molecule has 0 spiro atoms. The highest BCUT2D eigenvalue weighted by molar-refractivity contribution is 5.93. The quantitative estimate of drug-likeness (QED) is 0.720. The summed E-state index contributed by atoms with van der Waals surface area (Å²) in [4.78, 5) is 12.1. The van der Waals surface area contributed by atoms with Gasteiger partial charge in [0, 0.05) is 11.1 Å². The van der Waals surface area contributed by atoms with Crippen LogP contribution in [0.2, 0.25) is 0 Å². The Kier molecular flexibility index (Phi) is 4.80. The second-order valence-corrected chi connectivity index (χ2v) is 6.09. The number of nitrogens with one attached hydrogen (secondary N) is 1. The Morgan fingerprint density at radius 3 is 2.42 bits per heavy atom. The second kappa shape index (κ2) is 7.18. The maximum Gasteiger partial charge on any atom is 0.262 e. The normalized spacial score (nSPS) is 10.8. The molecule has 1 N–H and O–H groups in total. The van der Waals surface area contributed by atoms with E-state index < -0.39 is 0 Å². The highest BCUT2D eigenvalue weighted by Crippen LogP contribution is 2.25. The average Bonchev–Trinajstić information content (AvgIpc) is 2.60. The van der Waals surface area contributed by atoms with Crippen molar-refractivity contribution in [2.24, 2.45) is 0 Å². The summed E-state index contributed by atoms with van der Waals surface area (Å²) in [5.74, 6) is 1.03. The molecular weight excluding hydrogens is 298 g/mol. The number of carbonyl (C=O) groups excluding carboxylic acids is 1. The van der Waals surface area contributed by atoms with Crippen molar-refractivity contribution in [1.82, 2.24) is 0 Å². The Hall–Kier alpha value is -2.81. The molecule has 3 aromatic rings. The van der Waals surface area contributed by atoms with Crippen LogP contribution in [0.3, 0.4) is 0 Å². The number of ether oxygens (including phenoxy) is 1. The van der Waals surface area contributed by atoms with Gasteiger partial charge in [-0.3, -0.25) is 4.79 Å². The molecule has 122 valence electrons. The van der Waals surface area contributed by atoms with E-state index in [2.05, 4.69) is 19.2 Å². The minimum Gasteiger partial charge on any atom is -0.483 e. The molecule has 3 rings (SSSR count). The van der Waals surface area contributed by atoms with Crippen LogP contribution in [0.15, 0.2) is 66.7 Å². The predicted octanol–water partition coefficient (Wildman–Crippen LogP) is 4.98. The number of fused-ring (bicyclic) bond motifs is 1. The highest BCUT2D eigenvalue weighted by Gasteiger charge is 2.07. The van der Waals surface area contributed by atoms with E-state index in [-0.39, 0.29) is 12.5 Å². The lowest BCUT2D eigenvalue weighted by molar-refractivity contribution is -0.118. The average molecular weight is 319 g/mol. The molecule has 0 radical (unpaired) electrons. The molecule has 0 saturated heterocycles. The first-order chi connectivity index (χ1) is 11.6. The van der Waals surface area contributed by atoms with Crippen molar-refractivity contribution in [2.75, 3.05) is 11.9 Å². The maximum absolute atomic E-state index is 12.1. The lowest BCUT2D eigenvalue weighted by atomic mass is 10.0. The lowest BCUT2D eigenvalue weighted by Crippen LogP contribution is -2.20. The van der Waals surface area contributed by atoms with Gasteiger partial charge in [-0.15, -0.1) is 0 Å². The van der Waals surface area contributed by atoms with Crippen LogP contribution >= 0.6 is 0 Å². The van der Waals surface area contributed by atoms with E-state index in [1.54, 1.807) is 0 Å². The third-order valence-electron chi connectivity index (χ3n) is 3.97. The minimum atomic E-state index is -0.166. The van der Waals surface area contributed by atoms with Gasteiger partial charge in [0.1, 0.15) is 5.75 Å². The summed E-state index contributed by atoms with van der Waals surface area (Å²) in [6.07, 6.45) is 0. The third-order valence-corrected chi connectivity index (χ3v) is 3.97. The standard InChI is InChI=1S/C21H21NO2/c1-15(2)16-10-12-18(13-11-16)22-21(23)14-24-20-9-5-7-17-6-3-4-8-19(17)20/h3-13,15H,14H2,1-2H3,(H,22,23). The molecular formula is C21H21NO2. The van der Waals surface area contributed by atoms with Crippen LogP contribution in [0.25, 0.3) is 10.8 Å². The molecule has 0 aromatic heterocycles. The summed E-state index contributed by atoms with van der Waals surface area (Å²) in [5.41, 5.74) is 2.03. The summed E-state index contributed by atoms with van der Waals surface area (Å²) in [7, 11) is 0. The molecule has 0 unspecified atom stereocenters. The Morgan fingerprint density at radius 2 is 1.67 bits per heavy atom. The van der Waals surface area contributed by atoms with E-state index in [9.17, 15) is 4.79 Å². The van der Waals surface area contributed by atoms with Crippen molar-refractivity contribution in [3.63, 3.8) is 0 Å². The van der Waals surface area contributed by atoms with Crippen LogP contribution in [-0.4, -0.2) is 12.5 Å². The number of amides is 1. The summed E-state index contributed by atoms with van der Waals surface area (Å²) >= 11 is 0. The fourth-order valence-electron chi connectivity index (χ4n) is 2.61. The molecule has 0 bridgehead atoms. The molecule has 0 aliphatic heterocycles. The minimum absolute atomic E-state index is 0.0139. The molecule has 3 heteroatoms. The van der Waals surface area contributed by atoms with E-state index in [1.165, 1.54) is 5.56 Å². The van der Waals surface area contributed by atoms with Gasteiger partial charge in [-0.2, -0.15) is 0 Å². The molecule has 0 saturated carbocycles. The highest BCUT2D eigenvalue weighted by atomic mass is 16.5. The van der Waals surface area contributed by atoms with Crippen LogP contribution in [0.1, 0.15) is 25.3 Å². The zero-order valence-corrected chi connectivity index (χ0v) is 14.0. The number of carbonyl (C=O) groups is 1. The van der Waals surface area contributed by atoms with Crippen molar-refractivity contribution in [1.29, 1.82) is 0 Å². The predicted molar refractivity (Wildman–Crippen MR) is 98.6 cm³/mol. The van der Waals surface area contributed by atoms with Crippen molar-refractivity contribution >= 4 is 22.4 Å². The molecule has 0 fully saturated rings. The molecule has 0 heterocycles. The van der Waals surface area contributed by atoms with Crippen LogP contribution < -0.4 is 10.1 Å². The molecule has 0 atom stereocenters. The lowest BCUT2D eigenvalue weighted by Gasteiger charge is -2.11. The van der Waals surface area contributed by atoms with Gasteiger partial charge in [-0.1, -0.05) is 62.4 Å². The maximum atomic E-state index is 12.1. The summed E-state index contributed by atoms with van der Waals surface area (Å²) in [6, 6.07) is 21.7. The van der Waals surface area contributed by atoms with Gasteiger partial charge in [0.15, 0.2) is 6.61 Å². The summed E-state index contributed by atoms with van der Waals surface area (Å²) < 4.78 is 5.70. The first-order valence-corrected chi connectivity index (χ1v) is 8.14. The van der Waals surface area contributed by atoms with E-state index in [1.807, 2.05) is 66.7 Å². The van der Waals surface area contributed by atoms with E-state index in [0.29, 0.717) is 5.92 Å². The van der Waals surface area contributed by atoms with Crippen LogP contribution in [-0.2, 0) is 4.79 Å². The van der Waals surface area contributed by atoms with Gasteiger partial charge < -0.3 is 10.1 Å². The molecule has 0 aliphatic carbocycles. The number of rotatable bonds is 5. The largest absolute Gasteiger partial charge is 0.483 e. The molecule has 3 aromatic carbocycles. The number of benzene rings is 3. The SMILES string of the molecule is CC(C)c1ccc(NC(=O)COc2cccc3ccccc23)cc1. The third kappa shape index (κ3) is 3.74. The van der Waals surface area contributed by atoms with E-state index in [0.717, 1.165) is 22.2 Å². The van der Waals surface area contributed by atoms with Crippen molar-refractivity contribution in [3.8, 4) is 5.75 Å². The topological polar surface area (TPSA) is 38.3 Å². The van der Waals surface area contributed by atoms with Gasteiger partial charge >= 0.3 is 0 Å². The van der Waals surface area contributed by atoms with E-state index >= 15 is 0 Å². The number of hydrogen-bond donors (Lipinski definition) is 1. The Bertz CT molecular complexity index is 833. The number of anilines is 1. The second-order valence-electron chi connectivity index (χ2n) is 6.09. The smallest absolute Gasteiger partial charge is 0.262 e. The first-order valence-electron chi connectivity index (χ1n) is 8.14. The first kappa shape index (κ1) is 16.1. The molecule has 3 nitrogen and oxygen atoms in total. The van der Waals surface area contributed by atoms with Crippen molar-refractivity contribution in [3.05, 3.63) is 72.3 Å². The monoisotopic (exact) mass is 319 g/mol. The Morgan fingerprint density at radius 1 is 0.958 bits per heavy atom. The van der Waals surface area contributed by atoms with Crippen LogP contribution in [0, 0.1) is 0 Å². The van der Waals surface area contributed by atoms with Gasteiger partial charge in [-0.05, 0) is 35.1 Å². The Balaban J connectivity index is 1.63. The van der Waals surface area contributed by atoms with Crippen LogP contribution in [0.5, 0.6) is 5.75 Å². The van der Waals surface area contributed by atoms with Gasteiger partial charge in [0.05, 0.1) is 0 Å². The zero-order valence-electron chi connectivity index (χ0n) is 14.0. The zero-order chi connectivity index (χ0) is 16.9. The fourth-order valence-corrected chi connectivity index (χ4v) is 2.61. The number of hydrogen-bond acceptors (Lipinski definition) is 2. The van der Waals surface area contributed by atoms with Crippen molar-refractivity contribution in [2.45, 2.75) is 19.8 Å². The van der Waals surface area contributed by atoms with Gasteiger partial charge in [0.2, 0.25) is 0 Å². The molecule has 0 aliphatic rings. The van der Waals surface area contributed by atoms with Crippen molar-refractivity contribution < 1.29 is 9.53 Å². The van der Waals surface area contributed by atoms with E-state index in [4.69, 9.17) is 4.74 Å². The van der Waals surface area contributed by atoms with Gasteiger partial charge in [-0.25, -0.2) is 0 Å². The Labute approximate surface area is 142 Å². The molecule has 24 heavy (non-hydrogen) atoms.